The van der Waals surface area contributed by atoms with Crippen LogP contribution >= 0.6 is 0 Å². The third-order valence-corrected chi connectivity index (χ3v) is 3.31. The first-order valence-corrected chi connectivity index (χ1v) is 6.78. The Morgan fingerprint density at radius 3 is 2.67 bits per heavy atom. The minimum absolute atomic E-state index is 0.411. The average molecular weight is 249 g/mol. The molecule has 1 heterocycles. The molecule has 1 aliphatic rings. The Morgan fingerprint density at radius 1 is 1.17 bits per heavy atom. The highest BCUT2D eigenvalue weighted by molar-refractivity contribution is 5.35. The summed E-state index contributed by atoms with van der Waals surface area (Å²) in [5.41, 5.74) is 2.46. The predicted octanol–water partition coefficient (Wildman–Crippen LogP) is 2.45. The summed E-state index contributed by atoms with van der Waals surface area (Å²) in [5, 5.41) is 3.33. The lowest BCUT2D eigenvalue weighted by Gasteiger charge is -2.23. The molecule has 3 heteroatoms. The van der Waals surface area contributed by atoms with Gasteiger partial charge in [0.2, 0.25) is 0 Å². The molecule has 18 heavy (non-hydrogen) atoms. The first-order valence-electron chi connectivity index (χ1n) is 6.78. The van der Waals surface area contributed by atoms with Crippen LogP contribution in [-0.4, -0.2) is 32.4 Å². The third-order valence-electron chi connectivity index (χ3n) is 3.31. The van der Waals surface area contributed by atoms with Crippen LogP contribution in [0.2, 0.25) is 0 Å². The molecule has 1 N–H and O–H groups in total. The molecule has 100 valence electrons. The summed E-state index contributed by atoms with van der Waals surface area (Å²) in [6.45, 7) is 7.63. The Kier molecular flexibility index (Phi) is 5.02. The number of rotatable bonds is 5. The first-order chi connectivity index (χ1) is 8.75. The highest BCUT2D eigenvalue weighted by Gasteiger charge is 2.12. The lowest BCUT2D eigenvalue weighted by Crippen LogP contribution is -2.33. The molecule has 0 aromatic heterocycles. The molecule has 0 spiro atoms. The number of benzene rings is 1. The maximum Gasteiger partial charge on any atom is 0.122 e. The van der Waals surface area contributed by atoms with Crippen LogP contribution in [-0.2, 0) is 4.74 Å². The zero-order valence-corrected chi connectivity index (χ0v) is 11.4. The Bertz CT molecular complexity index is 373. The van der Waals surface area contributed by atoms with Crippen LogP contribution in [0, 0.1) is 13.8 Å². The maximum atomic E-state index is 5.80. The summed E-state index contributed by atoms with van der Waals surface area (Å²) < 4.78 is 11.5. The molecule has 3 nitrogen and oxygen atoms in total. The summed E-state index contributed by atoms with van der Waals surface area (Å²) in [7, 11) is 0. The molecule has 1 aliphatic heterocycles. The monoisotopic (exact) mass is 249 g/mol. The molecule has 1 fully saturated rings. The van der Waals surface area contributed by atoms with Crippen molar-refractivity contribution in [2.75, 3.05) is 26.3 Å². The largest absolute Gasteiger partial charge is 0.491 e. The molecular weight excluding hydrogens is 226 g/mol. The van der Waals surface area contributed by atoms with Gasteiger partial charge in [-0.3, -0.25) is 0 Å². The molecule has 0 radical (unpaired) electrons. The zero-order chi connectivity index (χ0) is 12.8. The van der Waals surface area contributed by atoms with Crippen molar-refractivity contribution < 1.29 is 9.47 Å². The predicted molar refractivity (Wildman–Crippen MR) is 73.3 cm³/mol. The Hall–Kier alpha value is -1.06. The topological polar surface area (TPSA) is 30.5 Å². The van der Waals surface area contributed by atoms with E-state index in [1.807, 2.05) is 6.07 Å². The van der Waals surface area contributed by atoms with E-state index in [1.165, 1.54) is 11.1 Å². The molecule has 1 saturated heterocycles. The first kappa shape index (κ1) is 13.4. The van der Waals surface area contributed by atoms with Crippen LogP contribution in [0.3, 0.4) is 0 Å². The van der Waals surface area contributed by atoms with Crippen molar-refractivity contribution in [3.8, 4) is 5.75 Å². The van der Waals surface area contributed by atoms with Crippen molar-refractivity contribution in [2.24, 2.45) is 0 Å². The van der Waals surface area contributed by atoms with Gasteiger partial charge in [-0.1, -0.05) is 17.7 Å². The van der Waals surface area contributed by atoms with E-state index >= 15 is 0 Å². The van der Waals surface area contributed by atoms with Crippen LogP contribution < -0.4 is 10.1 Å². The number of nitrogens with one attached hydrogen (secondary N) is 1. The number of hydrogen-bond acceptors (Lipinski definition) is 3. The quantitative estimate of drug-likeness (QED) is 0.813. The number of piperidine rings is 1. The highest BCUT2D eigenvalue weighted by atomic mass is 16.5. The Labute approximate surface area is 109 Å². The van der Waals surface area contributed by atoms with E-state index in [0.29, 0.717) is 19.3 Å². The van der Waals surface area contributed by atoms with Crippen LogP contribution in [0.5, 0.6) is 5.75 Å². The number of ether oxygens (including phenoxy) is 2. The minimum Gasteiger partial charge on any atom is -0.491 e. The van der Waals surface area contributed by atoms with Gasteiger partial charge >= 0.3 is 0 Å². The smallest absolute Gasteiger partial charge is 0.122 e. The SMILES string of the molecule is Cc1ccc(OCCOC2CCNCC2)c(C)c1. The summed E-state index contributed by atoms with van der Waals surface area (Å²) in [4.78, 5) is 0. The second-order valence-electron chi connectivity index (χ2n) is 4.94. The summed E-state index contributed by atoms with van der Waals surface area (Å²) >= 11 is 0. The van der Waals surface area contributed by atoms with Gasteiger partial charge in [0.1, 0.15) is 12.4 Å². The maximum absolute atomic E-state index is 5.80. The Balaban J connectivity index is 1.68. The van der Waals surface area contributed by atoms with E-state index in [0.717, 1.165) is 31.7 Å². The van der Waals surface area contributed by atoms with Gasteiger partial charge in [0.15, 0.2) is 0 Å². The number of aryl methyl sites for hydroxylation is 2. The van der Waals surface area contributed by atoms with Crippen molar-refractivity contribution >= 4 is 0 Å². The second kappa shape index (κ2) is 6.76. The molecule has 0 bridgehead atoms. The number of hydrogen-bond donors (Lipinski definition) is 1. The molecule has 0 atom stereocenters. The third kappa shape index (κ3) is 4.00. The van der Waals surface area contributed by atoms with Crippen LogP contribution in [0.25, 0.3) is 0 Å². The minimum atomic E-state index is 0.411. The second-order valence-corrected chi connectivity index (χ2v) is 4.94. The molecular formula is C15H23NO2. The molecule has 0 saturated carbocycles. The zero-order valence-electron chi connectivity index (χ0n) is 11.4. The van der Waals surface area contributed by atoms with Gasteiger partial charge in [-0.25, -0.2) is 0 Å². The Morgan fingerprint density at radius 2 is 1.94 bits per heavy atom. The van der Waals surface area contributed by atoms with E-state index in [-0.39, 0.29) is 0 Å². The van der Waals surface area contributed by atoms with E-state index in [9.17, 15) is 0 Å². The van der Waals surface area contributed by atoms with E-state index in [2.05, 4.69) is 31.3 Å². The fraction of sp³-hybridized carbons (Fsp3) is 0.600. The normalized spacial score (nSPS) is 16.8. The van der Waals surface area contributed by atoms with Crippen LogP contribution in [0.1, 0.15) is 24.0 Å². The molecule has 1 aromatic rings. The molecule has 1 aromatic carbocycles. The highest BCUT2D eigenvalue weighted by Crippen LogP contribution is 2.18. The van der Waals surface area contributed by atoms with Gasteiger partial charge in [-0.05, 0) is 51.4 Å². The van der Waals surface area contributed by atoms with Crippen LogP contribution in [0.4, 0.5) is 0 Å². The van der Waals surface area contributed by atoms with Gasteiger partial charge < -0.3 is 14.8 Å². The van der Waals surface area contributed by atoms with Crippen molar-refractivity contribution in [3.05, 3.63) is 29.3 Å². The van der Waals surface area contributed by atoms with Gasteiger partial charge in [0.25, 0.3) is 0 Å². The van der Waals surface area contributed by atoms with Crippen molar-refractivity contribution in [2.45, 2.75) is 32.8 Å². The summed E-state index contributed by atoms with van der Waals surface area (Å²) in [6, 6.07) is 6.26. The van der Waals surface area contributed by atoms with Gasteiger partial charge in [0, 0.05) is 0 Å². The fourth-order valence-corrected chi connectivity index (χ4v) is 2.29. The van der Waals surface area contributed by atoms with E-state index < -0.39 is 0 Å². The molecule has 0 unspecified atom stereocenters. The summed E-state index contributed by atoms with van der Waals surface area (Å²) in [6.07, 6.45) is 2.64. The molecule has 2 rings (SSSR count). The van der Waals surface area contributed by atoms with Crippen molar-refractivity contribution in [3.63, 3.8) is 0 Å². The fourth-order valence-electron chi connectivity index (χ4n) is 2.29. The van der Waals surface area contributed by atoms with Crippen molar-refractivity contribution in [1.29, 1.82) is 0 Å². The van der Waals surface area contributed by atoms with Gasteiger partial charge in [0.05, 0.1) is 12.7 Å². The van der Waals surface area contributed by atoms with E-state index in [4.69, 9.17) is 9.47 Å². The van der Waals surface area contributed by atoms with E-state index in [1.54, 1.807) is 0 Å². The molecule has 0 amide bonds. The average Bonchev–Trinajstić information content (AvgIpc) is 2.38. The summed E-state index contributed by atoms with van der Waals surface area (Å²) in [5.74, 6) is 0.967. The standard InChI is InChI=1S/C15H23NO2/c1-12-3-4-15(13(2)11-12)18-10-9-17-14-5-7-16-8-6-14/h3-4,11,14,16H,5-10H2,1-2H3. The lowest BCUT2D eigenvalue weighted by molar-refractivity contribution is 0.0167. The van der Waals surface area contributed by atoms with Gasteiger partial charge in [-0.2, -0.15) is 0 Å². The lowest BCUT2D eigenvalue weighted by atomic mass is 10.1. The van der Waals surface area contributed by atoms with Crippen molar-refractivity contribution in [1.82, 2.24) is 5.32 Å². The van der Waals surface area contributed by atoms with Gasteiger partial charge in [-0.15, -0.1) is 0 Å². The van der Waals surface area contributed by atoms with Crippen LogP contribution in [0.15, 0.2) is 18.2 Å². The molecule has 0 aliphatic carbocycles.